The quantitative estimate of drug-likeness (QED) is 0.598. The van der Waals surface area contributed by atoms with Gasteiger partial charge in [-0.05, 0) is 37.1 Å². The highest BCUT2D eigenvalue weighted by Gasteiger charge is 2.09. The Morgan fingerprint density at radius 1 is 1.20 bits per heavy atom. The number of amides is 1. The zero-order valence-electron chi connectivity index (χ0n) is 13.9. The van der Waals surface area contributed by atoms with Crippen LogP contribution in [0.5, 0.6) is 5.75 Å². The first-order valence-corrected chi connectivity index (χ1v) is 7.94. The van der Waals surface area contributed by atoms with Gasteiger partial charge in [0.2, 0.25) is 0 Å². The standard InChI is InChI=1S/C17H18ClN3O4/c1-11-7-13(8-12(2)16(11)18)25-10-15(22)24-6-5-21-17(23)14-9-19-3-4-20-14/h3-4,7-9H,5-6,10H2,1-2H3,(H,21,23). The molecular formula is C17H18ClN3O4. The van der Waals surface area contributed by atoms with Crippen LogP contribution in [0.15, 0.2) is 30.7 Å². The molecule has 0 saturated carbocycles. The fraction of sp³-hybridized carbons (Fsp3) is 0.294. The highest BCUT2D eigenvalue weighted by Crippen LogP contribution is 2.25. The number of carbonyl (C=O) groups excluding carboxylic acids is 2. The number of halogens is 1. The molecule has 132 valence electrons. The maximum atomic E-state index is 11.7. The predicted molar refractivity (Wildman–Crippen MR) is 91.7 cm³/mol. The number of hydrogen-bond donors (Lipinski definition) is 1. The lowest BCUT2D eigenvalue weighted by atomic mass is 10.1. The monoisotopic (exact) mass is 363 g/mol. The lowest BCUT2D eigenvalue weighted by Gasteiger charge is -2.10. The van der Waals surface area contributed by atoms with Crippen LogP contribution in [0.25, 0.3) is 0 Å². The maximum Gasteiger partial charge on any atom is 0.344 e. The van der Waals surface area contributed by atoms with Crippen LogP contribution < -0.4 is 10.1 Å². The van der Waals surface area contributed by atoms with E-state index in [0.29, 0.717) is 10.8 Å². The Labute approximate surface area is 150 Å². The number of esters is 1. The number of rotatable bonds is 7. The largest absolute Gasteiger partial charge is 0.482 e. The van der Waals surface area contributed by atoms with Gasteiger partial charge in [0.25, 0.3) is 5.91 Å². The van der Waals surface area contributed by atoms with E-state index in [1.807, 2.05) is 13.8 Å². The Bertz CT molecular complexity index is 730. The minimum Gasteiger partial charge on any atom is -0.482 e. The van der Waals surface area contributed by atoms with E-state index in [1.165, 1.54) is 18.6 Å². The summed E-state index contributed by atoms with van der Waals surface area (Å²) in [6, 6.07) is 3.51. The summed E-state index contributed by atoms with van der Waals surface area (Å²) in [5.41, 5.74) is 1.94. The Balaban J connectivity index is 1.68. The third-order valence-corrected chi connectivity index (χ3v) is 3.81. The van der Waals surface area contributed by atoms with Gasteiger partial charge in [-0.2, -0.15) is 0 Å². The average Bonchev–Trinajstić information content (AvgIpc) is 2.62. The van der Waals surface area contributed by atoms with Crippen LogP contribution >= 0.6 is 11.6 Å². The summed E-state index contributed by atoms with van der Waals surface area (Å²) in [6.45, 7) is 3.70. The van der Waals surface area contributed by atoms with Gasteiger partial charge in [-0.1, -0.05) is 11.6 Å². The number of nitrogens with one attached hydrogen (secondary N) is 1. The van der Waals surface area contributed by atoms with E-state index in [0.717, 1.165) is 11.1 Å². The Morgan fingerprint density at radius 3 is 2.56 bits per heavy atom. The minimum atomic E-state index is -0.529. The molecule has 0 spiro atoms. The maximum absolute atomic E-state index is 11.7. The normalized spacial score (nSPS) is 10.2. The zero-order chi connectivity index (χ0) is 18.2. The molecule has 0 fully saturated rings. The molecule has 7 nitrogen and oxygen atoms in total. The Kier molecular flexibility index (Phi) is 6.71. The van der Waals surface area contributed by atoms with Crippen molar-refractivity contribution in [3.63, 3.8) is 0 Å². The summed E-state index contributed by atoms with van der Waals surface area (Å²) < 4.78 is 10.4. The van der Waals surface area contributed by atoms with Crippen molar-refractivity contribution in [2.75, 3.05) is 19.8 Å². The Morgan fingerprint density at radius 2 is 1.92 bits per heavy atom. The van der Waals surface area contributed by atoms with Crippen molar-refractivity contribution < 1.29 is 19.1 Å². The van der Waals surface area contributed by atoms with Crippen LogP contribution in [-0.4, -0.2) is 41.6 Å². The molecule has 8 heteroatoms. The van der Waals surface area contributed by atoms with Crippen molar-refractivity contribution in [3.8, 4) is 5.75 Å². The summed E-state index contributed by atoms with van der Waals surface area (Å²) in [5, 5.41) is 3.25. The number of carbonyl (C=O) groups is 2. The van der Waals surface area contributed by atoms with Gasteiger partial charge in [0.1, 0.15) is 18.1 Å². The van der Waals surface area contributed by atoms with Gasteiger partial charge >= 0.3 is 5.97 Å². The number of aryl methyl sites for hydroxylation is 2. The lowest BCUT2D eigenvalue weighted by molar-refractivity contribution is -0.145. The number of hydrogen-bond acceptors (Lipinski definition) is 6. The van der Waals surface area contributed by atoms with E-state index in [4.69, 9.17) is 21.1 Å². The number of nitrogens with zero attached hydrogens (tertiary/aromatic N) is 2. The summed E-state index contributed by atoms with van der Waals surface area (Å²) in [4.78, 5) is 31.0. The molecule has 0 saturated heterocycles. The SMILES string of the molecule is Cc1cc(OCC(=O)OCCNC(=O)c2cnccn2)cc(C)c1Cl. The second-order valence-electron chi connectivity index (χ2n) is 5.23. The summed E-state index contributed by atoms with van der Waals surface area (Å²) >= 11 is 6.08. The molecule has 1 N–H and O–H groups in total. The van der Waals surface area contributed by atoms with E-state index >= 15 is 0 Å². The van der Waals surface area contributed by atoms with Gasteiger partial charge in [-0.25, -0.2) is 9.78 Å². The highest BCUT2D eigenvalue weighted by molar-refractivity contribution is 6.32. The molecule has 2 aromatic rings. The van der Waals surface area contributed by atoms with E-state index in [9.17, 15) is 9.59 Å². The van der Waals surface area contributed by atoms with Crippen LogP contribution in [0.4, 0.5) is 0 Å². The van der Waals surface area contributed by atoms with Gasteiger partial charge in [-0.3, -0.25) is 9.78 Å². The van der Waals surface area contributed by atoms with Crippen molar-refractivity contribution in [1.29, 1.82) is 0 Å². The molecule has 0 aliphatic heterocycles. The molecule has 1 amide bonds. The number of benzene rings is 1. The first kappa shape index (κ1) is 18.7. The molecule has 0 aliphatic rings. The Hall–Kier alpha value is -2.67. The first-order valence-electron chi connectivity index (χ1n) is 7.56. The molecule has 0 bridgehead atoms. The first-order chi connectivity index (χ1) is 12.0. The summed E-state index contributed by atoms with van der Waals surface area (Å²) in [7, 11) is 0. The molecule has 0 atom stereocenters. The second-order valence-corrected chi connectivity index (χ2v) is 5.60. The van der Waals surface area contributed by atoms with Crippen molar-refractivity contribution in [1.82, 2.24) is 15.3 Å². The predicted octanol–water partition coefficient (Wildman–Crippen LogP) is 2.10. The van der Waals surface area contributed by atoms with Crippen molar-refractivity contribution >= 4 is 23.5 Å². The highest BCUT2D eigenvalue weighted by atomic mass is 35.5. The average molecular weight is 364 g/mol. The van der Waals surface area contributed by atoms with E-state index < -0.39 is 5.97 Å². The van der Waals surface area contributed by atoms with Crippen molar-refractivity contribution in [2.24, 2.45) is 0 Å². The lowest BCUT2D eigenvalue weighted by Crippen LogP contribution is -2.29. The molecule has 2 rings (SSSR count). The summed E-state index contributed by atoms with van der Waals surface area (Å²) in [6.07, 6.45) is 4.25. The van der Waals surface area contributed by atoms with Crippen LogP contribution in [0.2, 0.25) is 5.02 Å². The molecule has 1 aromatic carbocycles. The third-order valence-electron chi connectivity index (χ3n) is 3.21. The van der Waals surface area contributed by atoms with E-state index in [-0.39, 0.29) is 31.4 Å². The molecular weight excluding hydrogens is 346 g/mol. The summed E-state index contributed by atoms with van der Waals surface area (Å²) in [5.74, 6) is -0.362. The van der Waals surface area contributed by atoms with Gasteiger partial charge in [0, 0.05) is 17.4 Å². The topological polar surface area (TPSA) is 90.4 Å². The fourth-order valence-corrected chi connectivity index (χ4v) is 2.12. The van der Waals surface area contributed by atoms with E-state index in [2.05, 4.69) is 15.3 Å². The van der Waals surface area contributed by atoms with Crippen LogP contribution in [0.3, 0.4) is 0 Å². The van der Waals surface area contributed by atoms with Crippen LogP contribution in [0.1, 0.15) is 21.6 Å². The van der Waals surface area contributed by atoms with E-state index in [1.54, 1.807) is 12.1 Å². The fourth-order valence-electron chi connectivity index (χ4n) is 2.01. The minimum absolute atomic E-state index is 0.0346. The smallest absolute Gasteiger partial charge is 0.344 e. The van der Waals surface area contributed by atoms with Crippen LogP contribution in [-0.2, 0) is 9.53 Å². The van der Waals surface area contributed by atoms with Crippen molar-refractivity contribution in [3.05, 3.63) is 52.6 Å². The third kappa shape index (κ3) is 5.72. The van der Waals surface area contributed by atoms with Gasteiger partial charge < -0.3 is 14.8 Å². The number of ether oxygens (including phenoxy) is 2. The van der Waals surface area contributed by atoms with Crippen molar-refractivity contribution in [2.45, 2.75) is 13.8 Å². The molecule has 1 heterocycles. The van der Waals surface area contributed by atoms with Crippen LogP contribution in [0, 0.1) is 13.8 Å². The molecule has 0 unspecified atom stereocenters. The molecule has 0 radical (unpaired) electrons. The second kappa shape index (κ2) is 8.98. The van der Waals surface area contributed by atoms with Gasteiger partial charge in [0.05, 0.1) is 12.7 Å². The zero-order valence-corrected chi connectivity index (χ0v) is 14.7. The molecule has 1 aromatic heterocycles. The van der Waals surface area contributed by atoms with Gasteiger partial charge in [-0.15, -0.1) is 0 Å². The molecule has 0 aliphatic carbocycles. The molecule has 25 heavy (non-hydrogen) atoms. The van der Waals surface area contributed by atoms with Gasteiger partial charge in [0.15, 0.2) is 6.61 Å². The number of aromatic nitrogens is 2.